The zero-order valence-corrected chi connectivity index (χ0v) is 17.2. The molecule has 0 aliphatic carbocycles. The monoisotopic (exact) mass is 416 g/mol. The molecule has 2 heterocycles. The number of nitrogens with one attached hydrogen (secondary N) is 1. The molecular formula is C24H21FN4O2. The number of rotatable bonds is 6. The van der Waals surface area contributed by atoms with Gasteiger partial charge in [0.05, 0.1) is 11.9 Å². The van der Waals surface area contributed by atoms with Crippen molar-refractivity contribution in [1.29, 1.82) is 0 Å². The molecule has 156 valence electrons. The molecule has 2 aromatic heterocycles. The number of carbonyl (C=O) groups is 1. The molecule has 0 aliphatic heterocycles. The van der Waals surface area contributed by atoms with Crippen molar-refractivity contribution in [3.63, 3.8) is 0 Å². The van der Waals surface area contributed by atoms with Crippen LogP contribution in [-0.4, -0.2) is 20.7 Å². The number of benzene rings is 2. The minimum atomic E-state index is -0.364. The number of aryl methyl sites for hydroxylation is 1. The fourth-order valence-corrected chi connectivity index (χ4v) is 3.36. The first kappa shape index (κ1) is 20.3. The van der Waals surface area contributed by atoms with Gasteiger partial charge >= 0.3 is 0 Å². The van der Waals surface area contributed by atoms with Crippen molar-refractivity contribution >= 4 is 5.91 Å². The fraction of sp³-hybridized carbons (Fsp3) is 0.125. The van der Waals surface area contributed by atoms with E-state index in [-0.39, 0.29) is 11.7 Å². The van der Waals surface area contributed by atoms with Crippen LogP contribution in [0.5, 0.6) is 5.75 Å². The number of amides is 1. The van der Waals surface area contributed by atoms with Gasteiger partial charge in [-0.1, -0.05) is 30.3 Å². The van der Waals surface area contributed by atoms with E-state index in [4.69, 9.17) is 4.84 Å². The van der Waals surface area contributed by atoms with Gasteiger partial charge in [-0.05, 0) is 36.8 Å². The summed E-state index contributed by atoms with van der Waals surface area (Å²) in [6.45, 7) is 1.87. The molecule has 0 fully saturated rings. The minimum Gasteiger partial charge on any atom is -0.379 e. The molecule has 2 aromatic carbocycles. The lowest BCUT2D eigenvalue weighted by Crippen LogP contribution is -2.28. The predicted molar refractivity (Wildman–Crippen MR) is 115 cm³/mol. The molecule has 0 aliphatic rings. The van der Waals surface area contributed by atoms with Crippen LogP contribution in [0.2, 0.25) is 0 Å². The molecule has 0 saturated heterocycles. The SMILES string of the molecule is Cc1c(-c2cnn(C)c2)ncc(Cc2cccc(F)c2)c1ONC(=O)c1ccccc1. The third kappa shape index (κ3) is 4.61. The van der Waals surface area contributed by atoms with Crippen LogP contribution in [0.25, 0.3) is 11.3 Å². The topological polar surface area (TPSA) is 69.0 Å². The first-order chi connectivity index (χ1) is 15.0. The Morgan fingerprint density at radius 1 is 1.13 bits per heavy atom. The Bertz CT molecular complexity index is 1220. The summed E-state index contributed by atoms with van der Waals surface area (Å²) >= 11 is 0. The second-order valence-corrected chi connectivity index (χ2v) is 7.19. The fourth-order valence-electron chi connectivity index (χ4n) is 3.36. The highest BCUT2D eigenvalue weighted by Gasteiger charge is 2.18. The van der Waals surface area contributed by atoms with Gasteiger partial charge in [-0.2, -0.15) is 10.6 Å². The number of hydroxylamine groups is 1. The van der Waals surface area contributed by atoms with E-state index >= 15 is 0 Å². The summed E-state index contributed by atoms with van der Waals surface area (Å²) in [5.41, 5.74) is 6.76. The molecule has 1 N–H and O–H groups in total. The van der Waals surface area contributed by atoms with E-state index in [1.807, 2.05) is 32.3 Å². The van der Waals surface area contributed by atoms with Gasteiger partial charge in [0.25, 0.3) is 5.91 Å². The third-order valence-electron chi connectivity index (χ3n) is 4.88. The van der Waals surface area contributed by atoms with Crippen LogP contribution in [0.3, 0.4) is 0 Å². The summed E-state index contributed by atoms with van der Waals surface area (Å²) < 4.78 is 15.4. The van der Waals surface area contributed by atoms with Gasteiger partial charge in [0.2, 0.25) is 0 Å². The standard InChI is InChI=1S/C24H21FN4O2/c1-16-22(20-14-27-29(2)15-20)26-13-19(11-17-7-6-10-21(25)12-17)23(16)31-28-24(30)18-8-4-3-5-9-18/h3-10,12-15H,11H2,1-2H3,(H,28,30). The maximum Gasteiger partial charge on any atom is 0.283 e. The molecule has 0 atom stereocenters. The van der Waals surface area contributed by atoms with Gasteiger partial charge in [-0.25, -0.2) is 4.39 Å². The van der Waals surface area contributed by atoms with Crippen LogP contribution in [0, 0.1) is 12.7 Å². The van der Waals surface area contributed by atoms with E-state index < -0.39 is 0 Å². The summed E-state index contributed by atoms with van der Waals surface area (Å²) in [7, 11) is 1.83. The Hall–Kier alpha value is -4.00. The zero-order valence-electron chi connectivity index (χ0n) is 17.2. The van der Waals surface area contributed by atoms with Crippen LogP contribution in [-0.2, 0) is 13.5 Å². The predicted octanol–water partition coefficient (Wildman–Crippen LogP) is 4.24. The molecule has 7 heteroatoms. The van der Waals surface area contributed by atoms with Crippen LogP contribution in [0.1, 0.15) is 27.0 Å². The van der Waals surface area contributed by atoms with Crippen LogP contribution < -0.4 is 10.3 Å². The largest absolute Gasteiger partial charge is 0.379 e. The number of aromatic nitrogens is 3. The average molecular weight is 416 g/mol. The van der Waals surface area contributed by atoms with Crippen molar-refractivity contribution in [2.75, 3.05) is 0 Å². The van der Waals surface area contributed by atoms with Crippen LogP contribution in [0.15, 0.2) is 73.2 Å². The third-order valence-corrected chi connectivity index (χ3v) is 4.88. The Kier molecular flexibility index (Phi) is 5.75. The van der Waals surface area contributed by atoms with Crippen molar-refractivity contribution < 1.29 is 14.0 Å². The summed E-state index contributed by atoms with van der Waals surface area (Å²) in [5.74, 6) is -0.201. The van der Waals surface area contributed by atoms with Crippen molar-refractivity contribution in [1.82, 2.24) is 20.2 Å². The summed E-state index contributed by atoms with van der Waals surface area (Å²) in [4.78, 5) is 22.9. The number of pyridine rings is 1. The van der Waals surface area contributed by atoms with E-state index in [2.05, 4.69) is 15.6 Å². The van der Waals surface area contributed by atoms with E-state index in [0.717, 1.165) is 22.3 Å². The maximum absolute atomic E-state index is 13.7. The van der Waals surface area contributed by atoms with Crippen molar-refractivity contribution in [2.24, 2.45) is 7.05 Å². The van der Waals surface area contributed by atoms with E-state index in [1.54, 1.807) is 47.4 Å². The molecule has 0 spiro atoms. The summed E-state index contributed by atoms with van der Waals surface area (Å²) in [5, 5.41) is 4.20. The lowest BCUT2D eigenvalue weighted by Gasteiger charge is -2.16. The Balaban J connectivity index is 1.68. The lowest BCUT2D eigenvalue weighted by atomic mass is 10.0. The highest BCUT2D eigenvalue weighted by Crippen LogP contribution is 2.32. The van der Waals surface area contributed by atoms with Gasteiger partial charge in [0, 0.05) is 48.1 Å². The Labute approximate surface area is 179 Å². The molecule has 4 aromatic rings. The highest BCUT2D eigenvalue weighted by molar-refractivity contribution is 5.93. The summed E-state index contributed by atoms with van der Waals surface area (Å²) in [6.07, 6.45) is 5.65. The molecule has 6 nitrogen and oxygen atoms in total. The van der Waals surface area contributed by atoms with Gasteiger partial charge in [-0.15, -0.1) is 0 Å². The van der Waals surface area contributed by atoms with Crippen molar-refractivity contribution in [3.05, 3.63) is 101 Å². The molecule has 0 bridgehead atoms. The molecule has 0 unspecified atom stereocenters. The first-order valence-corrected chi connectivity index (χ1v) is 9.75. The van der Waals surface area contributed by atoms with E-state index in [1.165, 1.54) is 12.1 Å². The second-order valence-electron chi connectivity index (χ2n) is 7.19. The molecule has 1 amide bonds. The molecule has 0 saturated carbocycles. The molecular weight excluding hydrogens is 395 g/mol. The van der Waals surface area contributed by atoms with Gasteiger partial charge in [0.15, 0.2) is 5.75 Å². The zero-order chi connectivity index (χ0) is 21.8. The number of hydrogen-bond donors (Lipinski definition) is 1. The molecule has 31 heavy (non-hydrogen) atoms. The van der Waals surface area contributed by atoms with Gasteiger partial charge < -0.3 is 4.84 Å². The number of nitrogens with zero attached hydrogens (tertiary/aromatic N) is 3. The van der Waals surface area contributed by atoms with Gasteiger partial charge in [0.1, 0.15) is 5.82 Å². The minimum absolute atomic E-state index is 0.311. The van der Waals surface area contributed by atoms with Gasteiger partial charge in [-0.3, -0.25) is 14.5 Å². The van der Waals surface area contributed by atoms with Crippen molar-refractivity contribution in [3.8, 4) is 17.0 Å². The molecule has 4 rings (SSSR count). The quantitative estimate of drug-likeness (QED) is 0.477. The van der Waals surface area contributed by atoms with E-state index in [9.17, 15) is 9.18 Å². The van der Waals surface area contributed by atoms with Crippen molar-refractivity contribution in [2.45, 2.75) is 13.3 Å². The number of halogens is 1. The van der Waals surface area contributed by atoms with Crippen LogP contribution >= 0.6 is 0 Å². The number of hydrogen-bond acceptors (Lipinski definition) is 4. The average Bonchev–Trinajstić information content (AvgIpc) is 3.20. The number of carbonyl (C=O) groups excluding carboxylic acids is 1. The second kappa shape index (κ2) is 8.79. The smallest absolute Gasteiger partial charge is 0.283 e. The van der Waals surface area contributed by atoms with E-state index in [0.29, 0.717) is 23.4 Å². The van der Waals surface area contributed by atoms with Crippen LogP contribution in [0.4, 0.5) is 4.39 Å². The summed E-state index contributed by atoms with van der Waals surface area (Å²) in [6, 6.07) is 15.2. The first-order valence-electron chi connectivity index (χ1n) is 9.75. The lowest BCUT2D eigenvalue weighted by molar-refractivity contribution is 0.0757. The Morgan fingerprint density at radius 2 is 1.94 bits per heavy atom. The normalized spacial score (nSPS) is 10.7. The highest BCUT2D eigenvalue weighted by atomic mass is 19.1. The molecule has 0 radical (unpaired) electrons. The Morgan fingerprint density at radius 3 is 2.65 bits per heavy atom. The maximum atomic E-state index is 13.7.